The van der Waals surface area contributed by atoms with Gasteiger partial charge in [-0.1, -0.05) is 30.0 Å². The minimum Gasteiger partial charge on any atom is -0.493 e. The second-order valence-electron chi connectivity index (χ2n) is 6.71. The van der Waals surface area contributed by atoms with E-state index in [0.717, 1.165) is 26.4 Å². The number of anilines is 1. The van der Waals surface area contributed by atoms with E-state index in [-0.39, 0.29) is 5.91 Å². The van der Waals surface area contributed by atoms with Crippen molar-refractivity contribution in [3.05, 3.63) is 84.6 Å². The maximum absolute atomic E-state index is 12.3. The lowest BCUT2D eigenvalue weighted by Crippen LogP contribution is -2.11. The van der Waals surface area contributed by atoms with Crippen LogP contribution < -0.4 is 14.8 Å². The Balaban J connectivity index is 1.54. The molecule has 156 valence electrons. The van der Waals surface area contributed by atoms with Gasteiger partial charge in [0.25, 0.3) is 5.91 Å². The van der Waals surface area contributed by atoms with E-state index in [1.54, 1.807) is 37.2 Å². The molecule has 4 aromatic rings. The van der Waals surface area contributed by atoms with E-state index in [1.807, 2.05) is 67.6 Å². The van der Waals surface area contributed by atoms with Gasteiger partial charge in [-0.05, 0) is 55.5 Å². The number of hydrogen-bond acceptors (Lipinski definition) is 5. The average molecular weight is 431 g/mol. The van der Waals surface area contributed by atoms with Crippen molar-refractivity contribution in [2.45, 2.75) is 16.7 Å². The molecule has 3 aromatic carbocycles. The molecule has 31 heavy (non-hydrogen) atoms. The van der Waals surface area contributed by atoms with Gasteiger partial charge in [-0.15, -0.1) is 0 Å². The molecule has 6 heteroatoms. The SMILES string of the molecule is CCOc1cc2nccc(Sc3ccc(NC(=O)c4ccccc4)cc3)c2cc1OC. The van der Waals surface area contributed by atoms with Crippen LogP contribution in [0.3, 0.4) is 0 Å². The second kappa shape index (κ2) is 9.53. The number of fused-ring (bicyclic) bond motifs is 1. The number of pyridine rings is 1. The van der Waals surface area contributed by atoms with Crippen LogP contribution in [0.2, 0.25) is 0 Å². The molecule has 0 spiro atoms. The second-order valence-corrected chi connectivity index (χ2v) is 7.82. The van der Waals surface area contributed by atoms with Crippen LogP contribution in [0, 0.1) is 0 Å². The van der Waals surface area contributed by atoms with Crippen LogP contribution >= 0.6 is 11.8 Å². The molecule has 0 bridgehead atoms. The number of carbonyl (C=O) groups is 1. The van der Waals surface area contributed by atoms with Crippen molar-refractivity contribution in [3.63, 3.8) is 0 Å². The van der Waals surface area contributed by atoms with E-state index < -0.39 is 0 Å². The van der Waals surface area contributed by atoms with Gasteiger partial charge in [-0.2, -0.15) is 0 Å². The zero-order valence-electron chi connectivity index (χ0n) is 17.3. The fraction of sp³-hybridized carbons (Fsp3) is 0.120. The molecule has 1 heterocycles. The third kappa shape index (κ3) is 4.81. The van der Waals surface area contributed by atoms with Crippen molar-refractivity contribution in [1.29, 1.82) is 0 Å². The largest absolute Gasteiger partial charge is 0.493 e. The number of nitrogens with one attached hydrogen (secondary N) is 1. The van der Waals surface area contributed by atoms with E-state index in [1.165, 1.54) is 0 Å². The van der Waals surface area contributed by atoms with Crippen LogP contribution in [-0.4, -0.2) is 24.6 Å². The lowest BCUT2D eigenvalue weighted by atomic mass is 10.2. The lowest BCUT2D eigenvalue weighted by Gasteiger charge is -2.12. The number of amides is 1. The Hall–Kier alpha value is -3.51. The summed E-state index contributed by atoms with van der Waals surface area (Å²) in [4.78, 5) is 18.9. The van der Waals surface area contributed by atoms with Crippen LogP contribution in [0.1, 0.15) is 17.3 Å². The van der Waals surface area contributed by atoms with E-state index in [0.29, 0.717) is 23.7 Å². The molecular formula is C25H22N2O3S. The zero-order valence-corrected chi connectivity index (χ0v) is 18.1. The van der Waals surface area contributed by atoms with E-state index in [9.17, 15) is 4.79 Å². The molecule has 0 unspecified atom stereocenters. The topological polar surface area (TPSA) is 60.5 Å². The molecule has 0 saturated heterocycles. The summed E-state index contributed by atoms with van der Waals surface area (Å²) >= 11 is 1.63. The fourth-order valence-corrected chi connectivity index (χ4v) is 4.10. The number of ether oxygens (including phenoxy) is 2. The molecule has 5 nitrogen and oxygen atoms in total. The summed E-state index contributed by atoms with van der Waals surface area (Å²) in [6.45, 7) is 2.50. The summed E-state index contributed by atoms with van der Waals surface area (Å²) in [5.41, 5.74) is 2.23. The Morgan fingerprint density at radius 3 is 2.48 bits per heavy atom. The molecule has 0 aliphatic heterocycles. The number of methoxy groups -OCH3 is 1. The molecule has 4 rings (SSSR count). The summed E-state index contributed by atoms with van der Waals surface area (Å²) in [7, 11) is 1.63. The van der Waals surface area contributed by atoms with Crippen molar-refractivity contribution in [2.24, 2.45) is 0 Å². The van der Waals surface area contributed by atoms with Gasteiger partial charge in [0, 0.05) is 38.7 Å². The molecular weight excluding hydrogens is 408 g/mol. The maximum atomic E-state index is 12.3. The zero-order chi connectivity index (χ0) is 21.6. The molecule has 1 N–H and O–H groups in total. The number of carbonyl (C=O) groups excluding carboxylic acids is 1. The number of nitrogens with zero attached hydrogens (tertiary/aromatic N) is 1. The minimum absolute atomic E-state index is 0.127. The van der Waals surface area contributed by atoms with Crippen molar-refractivity contribution >= 4 is 34.3 Å². The van der Waals surface area contributed by atoms with Gasteiger partial charge in [0.2, 0.25) is 0 Å². The predicted octanol–water partition coefficient (Wildman–Crippen LogP) is 6.05. The lowest BCUT2D eigenvalue weighted by molar-refractivity contribution is 0.102. The first kappa shape index (κ1) is 20.8. The van der Waals surface area contributed by atoms with Crippen molar-refractivity contribution < 1.29 is 14.3 Å². The number of rotatable bonds is 7. The van der Waals surface area contributed by atoms with Crippen molar-refractivity contribution in [1.82, 2.24) is 4.98 Å². The quantitative estimate of drug-likeness (QED) is 0.387. The summed E-state index contributed by atoms with van der Waals surface area (Å²) in [6.07, 6.45) is 1.79. The van der Waals surface area contributed by atoms with Gasteiger partial charge in [0.05, 0.1) is 19.2 Å². The third-order valence-electron chi connectivity index (χ3n) is 4.66. The van der Waals surface area contributed by atoms with Gasteiger partial charge in [-0.3, -0.25) is 9.78 Å². The Kier molecular flexibility index (Phi) is 6.38. The Labute approximate surface area is 185 Å². The molecule has 1 amide bonds. The number of aromatic nitrogens is 1. The summed E-state index contributed by atoms with van der Waals surface area (Å²) < 4.78 is 11.2. The molecule has 0 aliphatic carbocycles. The van der Waals surface area contributed by atoms with E-state index in [4.69, 9.17) is 9.47 Å². The highest BCUT2D eigenvalue weighted by atomic mass is 32.2. The van der Waals surface area contributed by atoms with Gasteiger partial charge >= 0.3 is 0 Å². The van der Waals surface area contributed by atoms with Gasteiger partial charge in [0.1, 0.15) is 0 Å². The number of hydrogen-bond donors (Lipinski definition) is 1. The maximum Gasteiger partial charge on any atom is 0.255 e. The van der Waals surface area contributed by atoms with E-state index in [2.05, 4.69) is 10.3 Å². The first-order valence-corrected chi connectivity index (χ1v) is 10.7. The summed E-state index contributed by atoms with van der Waals surface area (Å²) in [6, 6.07) is 22.8. The molecule has 0 fully saturated rings. The summed E-state index contributed by atoms with van der Waals surface area (Å²) in [5, 5.41) is 3.92. The minimum atomic E-state index is -0.127. The highest BCUT2D eigenvalue weighted by molar-refractivity contribution is 7.99. The monoisotopic (exact) mass is 430 g/mol. The molecule has 0 radical (unpaired) electrons. The van der Waals surface area contributed by atoms with Crippen LogP contribution in [0.4, 0.5) is 5.69 Å². The highest BCUT2D eigenvalue weighted by Gasteiger charge is 2.12. The molecule has 0 saturated carbocycles. The third-order valence-corrected chi connectivity index (χ3v) is 5.75. The first-order chi connectivity index (χ1) is 15.2. The van der Waals surface area contributed by atoms with Gasteiger partial charge in [-0.25, -0.2) is 0 Å². The molecule has 0 aliphatic rings. The normalized spacial score (nSPS) is 10.6. The molecule has 0 atom stereocenters. The van der Waals surface area contributed by atoms with Crippen LogP contribution in [0.25, 0.3) is 10.9 Å². The summed E-state index contributed by atoms with van der Waals surface area (Å²) in [5.74, 6) is 1.24. The standard InChI is InChI=1S/C25H22N2O3S/c1-3-30-23-16-21-20(15-22(23)29-2)24(13-14-26-21)31-19-11-9-18(10-12-19)27-25(28)17-7-5-4-6-8-17/h4-16H,3H2,1-2H3,(H,27,28). The Morgan fingerprint density at radius 2 is 1.77 bits per heavy atom. The smallest absolute Gasteiger partial charge is 0.255 e. The number of benzene rings is 3. The van der Waals surface area contributed by atoms with Crippen LogP contribution in [0.5, 0.6) is 11.5 Å². The van der Waals surface area contributed by atoms with Gasteiger partial charge < -0.3 is 14.8 Å². The van der Waals surface area contributed by atoms with Crippen molar-refractivity contribution in [2.75, 3.05) is 19.0 Å². The van der Waals surface area contributed by atoms with Crippen LogP contribution in [0.15, 0.2) is 88.8 Å². The van der Waals surface area contributed by atoms with Crippen molar-refractivity contribution in [3.8, 4) is 11.5 Å². The Bertz CT molecular complexity index is 1190. The van der Waals surface area contributed by atoms with Crippen LogP contribution in [-0.2, 0) is 0 Å². The van der Waals surface area contributed by atoms with E-state index >= 15 is 0 Å². The first-order valence-electron chi connectivity index (χ1n) is 9.92. The highest BCUT2D eigenvalue weighted by Crippen LogP contribution is 2.38. The Morgan fingerprint density at radius 1 is 1.00 bits per heavy atom. The van der Waals surface area contributed by atoms with Gasteiger partial charge in [0.15, 0.2) is 11.5 Å². The predicted molar refractivity (Wildman–Crippen MR) is 124 cm³/mol. The average Bonchev–Trinajstić information content (AvgIpc) is 2.81. The molecule has 1 aromatic heterocycles. The fourth-order valence-electron chi connectivity index (χ4n) is 3.17.